The lowest BCUT2D eigenvalue weighted by atomic mass is 10.1. The molecule has 1 unspecified atom stereocenters. The normalized spacial score (nSPS) is 26.6. The molecule has 0 radical (unpaired) electrons. The summed E-state index contributed by atoms with van der Waals surface area (Å²) in [5.74, 6) is -0.888. The number of nitrogens with one attached hydrogen (secondary N) is 1. The van der Waals surface area contributed by atoms with Gasteiger partial charge in [0.15, 0.2) is 6.10 Å². The van der Waals surface area contributed by atoms with Crippen LogP contribution in [0.1, 0.15) is 19.8 Å². The Balaban J connectivity index is 2.24. The van der Waals surface area contributed by atoms with E-state index in [1.54, 1.807) is 6.92 Å². The fourth-order valence-electron chi connectivity index (χ4n) is 1.28. The Morgan fingerprint density at radius 1 is 1.75 bits per heavy atom. The summed E-state index contributed by atoms with van der Waals surface area (Å²) in [5, 5.41) is 11.7. The zero-order chi connectivity index (χ0) is 8.97. The van der Waals surface area contributed by atoms with Gasteiger partial charge in [0.2, 0.25) is 0 Å². The number of hydrogen-bond acceptors (Lipinski definition) is 3. The van der Waals surface area contributed by atoms with Crippen molar-refractivity contribution in [2.45, 2.75) is 32.0 Å². The molecular weight excluding hydrogens is 158 g/mol. The van der Waals surface area contributed by atoms with Gasteiger partial charge >= 0.3 is 5.97 Å². The van der Waals surface area contributed by atoms with Crippen molar-refractivity contribution in [3.8, 4) is 0 Å². The third-order valence-electron chi connectivity index (χ3n) is 2.00. The van der Waals surface area contributed by atoms with Crippen molar-refractivity contribution in [3.05, 3.63) is 0 Å². The lowest BCUT2D eigenvalue weighted by Crippen LogP contribution is -2.38. The van der Waals surface area contributed by atoms with Gasteiger partial charge < -0.3 is 15.2 Å². The van der Waals surface area contributed by atoms with Crippen LogP contribution in [-0.2, 0) is 9.53 Å². The first-order valence-corrected chi connectivity index (χ1v) is 4.29. The van der Waals surface area contributed by atoms with E-state index in [4.69, 9.17) is 9.84 Å². The highest BCUT2D eigenvalue weighted by Crippen LogP contribution is 2.08. The van der Waals surface area contributed by atoms with Crippen molar-refractivity contribution < 1.29 is 14.6 Å². The van der Waals surface area contributed by atoms with E-state index in [2.05, 4.69) is 5.32 Å². The number of carboxylic acids is 1. The van der Waals surface area contributed by atoms with E-state index < -0.39 is 12.1 Å². The van der Waals surface area contributed by atoms with Crippen LogP contribution in [0.2, 0.25) is 0 Å². The zero-order valence-corrected chi connectivity index (χ0v) is 7.25. The third-order valence-corrected chi connectivity index (χ3v) is 2.00. The van der Waals surface area contributed by atoms with Crippen LogP contribution < -0.4 is 5.32 Å². The molecule has 0 aromatic rings. The molecule has 12 heavy (non-hydrogen) atoms. The number of rotatable bonds is 3. The van der Waals surface area contributed by atoms with Crippen LogP contribution in [0.4, 0.5) is 0 Å². The van der Waals surface area contributed by atoms with E-state index in [1.807, 2.05) is 0 Å². The van der Waals surface area contributed by atoms with Crippen LogP contribution in [-0.4, -0.2) is 36.4 Å². The summed E-state index contributed by atoms with van der Waals surface area (Å²) in [5.41, 5.74) is 0. The fourth-order valence-corrected chi connectivity index (χ4v) is 1.28. The van der Waals surface area contributed by atoms with E-state index in [1.165, 1.54) is 0 Å². The highest BCUT2D eigenvalue weighted by Gasteiger charge is 2.19. The Labute approximate surface area is 71.9 Å². The van der Waals surface area contributed by atoms with Gasteiger partial charge in [0.25, 0.3) is 0 Å². The van der Waals surface area contributed by atoms with E-state index in [-0.39, 0.29) is 6.10 Å². The molecule has 0 aromatic heterocycles. The fraction of sp³-hybridized carbons (Fsp3) is 0.875. The van der Waals surface area contributed by atoms with Crippen molar-refractivity contribution in [3.63, 3.8) is 0 Å². The van der Waals surface area contributed by atoms with Crippen molar-refractivity contribution in [2.75, 3.05) is 13.1 Å². The van der Waals surface area contributed by atoms with E-state index in [0.29, 0.717) is 0 Å². The minimum absolute atomic E-state index is 0.0739. The maximum Gasteiger partial charge on any atom is 0.332 e. The summed E-state index contributed by atoms with van der Waals surface area (Å²) in [6.07, 6.45) is 1.42. The molecule has 70 valence electrons. The summed E-state index contributed by atoms with van der Waals surface area (Å²) in [6.45, 7) is 3.36. The number of carboxylic acid groups (broad SMARTS) is 1. The molecule has 0 spiro atoms. The molecule has 0 bridgehead atoms. The Kier molecular flexibility index (Phi) is 3.49. The summed E-state index contributed by atoms with van der Waals surface area (Å²) < 4.78 is 5.29. The highest BCUT2D eigenvalue weighted by atomic mass is 16.5. The van der Waals surface area contributed by atoms with Crippen LogP contribution in [0.25, 0.3) is 0 Å². The second kappa shape index (κ2) is 4.42. The number of ether oxygens (including phenoxy) is 1. The molecule has 1 aliphatic heterocycles. The average molecular weight is 173 g/mol. The predicted octanol–water partition coefficient (Wildman–Crippen LogP) is 0.228. The van der Waals surface area contributed by atoms with Crippen LogP contribution in [0.5, 0.6) is 0 Å². The Bertz CT molecular complexity index is 154. The van der Waals surface area contributed by atoms with E-state index in [0.717, 1.165) is 25.9 Å². The molecular formula is C8H15NO3. The average Bonchev–Trinajstić information content (AvgIpc) is 2.06. The van der Waals surface area contributed by atoms with Gasteiger partial charge in [-0.1, -0.05) is 0 Å². The molecule has 1 rings (SSSR count). The van der Waals surface area contributed by atoms with E-state index in [9.17, 15) is 4.79 Å². The molecule has 4 heteroatoms. The summed E-state index contributed by atoms with van der Waals surface area (Å²) in [4.78, 5) is 10.4. The monoisotopic (exact) mass is 173 g/mol. The van der Waals surface area contributed by atoms with Crippen molar-refractivity contribution >= 4 is 5.97 Å². The van der Waals surface area contributed by atoms with Gasteiger partial charge in [0, 0.05) is 6.54 Å². The summed E-state index contributed by atoms with van der Waals surface area (Å²) in [7, 11) is 0. The molecule has 1 saturated heterocycles. The zero-order valence-electron chi connectivity index (χ0n) is 7.25. The molecule has 2 N–H and O–H groups in total. The Morgan fingerprint density at radius 3 is 3.00 bits per heavy atom. The third kappa shape index (κ3) is 2.79. The minimum Gasteiger partial charge on any atom is -0.479 e. The molecule has 2 atom stereocenters. The van der Waals surface area contributed by atoms with Gasteiger partial charge in [0.05, 0.1) is 6.10 Å². The van der Waals surface area contributed by atoms with Crippen molar-refractivity contribution in [1.82, 2.24) is 5.32 Å². The van der Waals surface area contributed by atoms with Crippen LogP contribution >= 0.6 is 0 Å². The van der Waals surface area contributed by atoms with Gasteiger partial charge in [-0.05, 0) is 26.3 Å². The van der Waals surface area contributed by atoms with E-state index >= 15 is 0 Å². The van der Waals surface area contributed by atoms with Crippen LogP contribution in [0.3, 0.4) is 0 Å². The molecule has 1 fully saturated rings. The lowest BCUT2D eigenvalue weighted by Gasteiger charge is -2.24. The number of hydrogen-bond donors (Lipinski definition) is 2. The van der Waals surface area contributed by atoms with Gasteiger partial charge in [-0.25, -0.2) is 4.79 Å². The number of piperidine rings is 1. The van der Waals surface area contributed by atoms with Crippen molar-refractivity contribution in [2.24, 2.45) is 0 Å². The largest absolute Gasteiger partial charge is 0.479 e. The topological polar surface area (TPSA) is 58.6 Å². The molecule has 1 heterocycles. The molecule has 0 amide bonds. The van der Waals surface area contributed by atoms with Gasteiger partial charge in [-0.15, -0.1) is 0 Å². The summed E-state index contributed by atoms with van der Waals surface area (Å²) >= 11 is 0. The van der Waals surface area contributed by atoms with Gasteiger partial charge in [0.1, 0.15) is 0 Å². The molecule has 1 aliphatic rings. The predicted molar refractivity (Wildman–Crippen MR) is 44.1 cm³/mol. The Hall–Kier alpha value is -0.610. The van der Waals surface area contributed by atoms with Crippen molar-refractivity contribution in [1.29, 1.82) is 0 Å². The number of carbonyl (C=O) groups is 1. The molecule has 0 aliphatic carbocycles. The smallest absolute Gasteiger partial charge is 0.332 e. The second-order valence-electron chi connectivity index (χ2n) is 3.08. The Morgan fingerprint density at radius 2 is 2.50 bits per heavy atom. The van der Waals surface area contributed by atoms with Crippen LogP contribution in [0, 0.1) is 0 Å². The molecule has 4 nitrogen and oxygen atoms in total. The standard InChI is InChI=1S/C8H15NO3/c1-6(8(10)11)12-7-3-2-4-9-5-7/h6-7,9H,2-5H2,1H3,(H,10,11)/t6?,7-/m0/s1. The SMILES string of the molecule is CC(O[C@H]1CCCNC1)C(=O)O. The molecule has 0 aromatic carbocycles. The van der Waals surface area contributed by atoms with Crippen LogP contribution in [0.15, 0.2) is 0 Å². The maximum atomic E-state index is 10.4. The summed E-state index contributed by atoms with van der Waals surface area (Å²) in [6, 6.07) is 0. The first-order chi connectivity index (χ1) is 5.70. The molecule has 0 saturated carbocycles. The first-order valence-electron chi connectivity index (χ1n) is 4.29. The number of aliphatic carboxylic acids is 1. The maximum absolute atomic E-state index is 10.4. The second-order valence-corrected chi connectivity index (χ2v) is 3.08. The quantitative estimate of drug-likeness (QED) is 0.641. The lowest BCUT2D eigenvalue weighted by molar-refractivity contribution is -0.153. The first kappa shape index (κ1) is 9.48. The highest BCUT2D eigenvalue weighted by molar-refractivity contribution is 5.71. The van der Waals surface area contributed by atoms with Gasteiger partial charge in [-0.2, -0.15) is 0 Å². The minimum atomic E-state index is -0.888. The van der Waals surface area contributed by atoms with Gasteiger partial charge in [-0.3, -0.25) is 0 Å².